The zero-order chi connectivity index (χ0) is 19.0. The number of benzene rings is 1. The Balaban J connectivity index is 1.85. The second-order valence-electron chi connectivity index (χ2n) is 6.84. The molecular formula is C20H30N2O3S. The molecule has 0 heterocycles. The van der Waals surface area contributed by atoms with Crippen LogP contribution in [0.1, 0.15) is 51.0 Å². The Labute approximate surface area is 157 Å². The van der Waals surface area contributed by atoms with Crippen LogP contribution in [0.25, 0.3) is 0 Å². The SMILES string of the molecule is CCc1ccc(N(CCCC(=O)NCC2=CCCCC2)S(C)(=O)=O)cc1. The highest BCUT2D eigenvalue weighted by atomic mass is 32.2. The van der Waals surface area contributed by atoms with Crippen LogP contribution in [0.2, 0.25) is 0 Å². The number of carbonyl (C=O) groups excluding carboxylic acids is 1. The van der Waals surface area contributed by atoms with E-state index in [4.69, 9.17) is 0 Å². The van der Waals surface area contributed by atoms with Crippen molar-refractivity contribution in [2.24, 2.45) is 0 Å². The van der Waals surface area contributed by atoms with Crippen LogP contribution >= 0.6 is 0 Å². The van der Waals surface area contributed by atoms with Crippen LogP contribution in [-0.4, -0.2) is 33.7 Å². The number of anilines is 1. The summed E-state index contributed by atoms with van der Waals surface area (Å²) in [6.45, 7) is 2.98. The first-order valence-electron chi connectivity index (χ1n) is 9.41. The number of nitrogens with one attached hydrogen (secondary N) is 1. The molecule has 0 aromatic heterocycles. The molecular weight excluding hydrogens is 348 g/mol. The first kappa shape index (κ1) is 20.5. The molecule has 1 aliphatic carbocycles. The zero-order valence-corrected chi connectivity index (χ0v) is 16.6. The lowest BCUT2D eigenvalue weighted by Crippen LogP contribution is -2.32. The summed E-state index contributed by atoms with van der Waals surface area (Å²) in [7, 11) is -3.37. The van der Waals surface area contributed by atoms with Crippen molar-refractivity contribution >= 4 is 21.6 Å². The number of amides is 1. The van der Waals surface area contributed by atoms with Crippen molar-refractivity contribution in [2.75, 3.05) is 23.7 Å². The number of sulfonamides is 1. The van der Waals surface area contributed by atoms with Crippen molar-refractivity contribution in [3.63, 3.8) is 0 Å². The Morgan fingerprint density at radius 3 is 2.50 bits per heavy atom. The molecule has 0 unspecified atom stereocenters. The lowest BCUT2D eigenvalue weighted by molar-refractivity contribution is -0.120. The minimum atomic E-state index is -3.37. The van der Waals surface area contributed by atoms with Gasteiger partial charge in [-0.2, -0.15) is 0 Å². The minimum Gasteiger partial charge on any atom is -0.352 e. The van der Waals surface area contributed by atoms with Gasteiger partial charge >= 0.3 is 0 Å². The second-order valence-corrected chi connectivity index (χ2v) is 8.75. The van der Waals surface area contributed by atoms with E-state index in [1.807, 2.05) is 24.3 Å². The van der Waals surface area contributed by atoms with Crippen molar-refractivity contribution in [1.29, 1.82) is 0 Å². The Hall–Kier alpha value is -1.82. The number of nitrogens with zero attached hydrogens (tertiary/aromatic N) is 1. The van der Waals surface area contributed by atoms with Gasteiger partial charge in [-0.15, -0.1) is 0 Å². The van der Waals surface area contributed by atoms with E-state index in [1.165, 1.54) is 34.5 Å². The van der Waals surface area contributed by atoms with Gasteiger partial charge in [-0.1, -0.05) is 30.7 Å². The van der Waals surface area contributed by atoms with Crippen LogP contribution in [0.3, 0.4) is 0 Å². The number of allylic oxidation sites excluding steroid dienone is 1. The molecule has 0 saturated carbocycles. The van der Waals surface area contributed by atoms with E-state index in [0.29, 0.717) is 31.6 Å². The van der Waals surface area contributed by atoms with E-state index in [2.05, 4.69) is 18.3 Å². The third kappa shape index (κ3) is 6.48. The maximum atomic E-state index is 12.1. The molecule has 1 aliphatic rings. The van der Waals surface area contributed by atoms with Crippen molar-refractivity contribution in [3.05, 3.63) is 41.5 Å². The van der Waals surface area contributed by atoms with Gasteiger partial charge in [0.2, 0.25) is 15.9 Å². The summed E-state index contributed by atoms with van der Waals surface area (Å²) >= 11 is 0. The standard InChI is InChI=1S/C20H30N2O3S/c1-3-17-11-13-19(14-12-17)22(26(2,24)25)15-7-10-20(23)21-16-18-8-5-4-6-9-18/h8,11-14H,3-7,9-10,15-16H2,1-2H3,(H,21,23). The molecule has 0 fully saturated rings. The number of rotatable bonds is 9. The maximum Gasteiger partial charge on any atom is 0.232 e. The van der Waals surface area contributed by atoms with E-state index in [0.717, 1.165) is 19.3 Å². The van der Waals surface area contributed by atoms with Crippen LogP contribution in [0.4, 0.5) is 5.69 Å². The summed E-state index contributed by atoms with van der Waals surface area (Å²) in [4.78, 5) is 12.0. The van der Waals surface area contributed by atoms with Gasteiger partial charge < -0.3 is 5.32 Å². The topological polar surface area (TPSA) is 66.5 Å². The molecule has 1 aromatic rings. The quantitative estimate of drug-likeness (QED) is 0.670. The number of hydrogen-bond acceptors (Lipinski definition) is 3. The molecule has 0 bridgehead atoms. The first-order valence-corrected chi connectivity index (χ1v) is 11.3. The highest BCUT2D eigenvalue weighted by Gasteiger charge is 2.17. The fraction of sp³-hybridized carbons (Fsp3) is 0.550. The third-order valence-corrected chi connectivity index (χ3v) is 5.89. The van der Waals surface area contributed by atoms with Gasteiger partial charge in [0.1, 0.15) is 0 Å². The van der Waals surface area contributed by atoms with E-state index < -0.39 is 10.0 Å². The maximum absolute atomic E-state index is 12.1. The van der Waals surface area contributed by atoms with Gasteiger partial charge in [0.05, 0.1) is 11.9 Å². The normalized spacial score (nSPS) is 14.6. The van der Waals surface area contributed by atoms with Gasteiger partial charge in [-0.3, -0.25) is 9.10 Å². The highest BCUT2D eigenvalue weighted by molar-refractivity contribution is 7.92. The molecule has 0 saturated heterocycles. The van der Waals surface area contributed by atoms with E-state index in [-0.39, 0.29) is 5.91 Å². The summed E-state index contributed by atoms with van der Waals surface area (Å²) in [5.74, 6) is -0.0220. The summed E-state index contributed by atoms with van der Waals surface area (Å²) in [6.07, 6.45) is 9.75. The lowest BCUT2D eigenvalue weighted by Gasteiger charge is -2.22. The van der Waals surface area contributed by atoms with Crippen LogP contribution in [-0.2, 0) is 21.2 Å². The molecule has 1 aromatic carbocycles. The molecule has 1 N–H and O–H groups in total. The average molecular weight is 379 g/mol. The van der Waals surface area contributed by atoms with Crippen LogP contribution < -0.4 is 9.62 Å². The van der Waals surface area contributed by atoms with Crippen LogP contribution in [0.15, 0.2) is 35.9 Å². The second kappa shape index (κ2) is 9.76. The summed E-state index contributed by atoms with van der Waals surface area (Å²) in [6, 6.07) is 7.54. The van der Waals surface area contributed by atoms with E-state index in [9.17, 15) is 13.2 Å². The van der Waals surface area contributed by atoms with Gasteiger partial charge in [0, 0.05) is 19.5 Å². The highest BCUT2D eigenvalue weighted by Crippen LogP contribution is 2.19. The zero-order valence-electron chi connectivity index (χ0n) is 15.8. The van der Waals surface area contributed by atoms with Gasteiger partial charge in [0.25, 0.3) is 0 Å². The number of carbonyl (C=O) groups is 1. The molecule has 6 heteroatoms. The van der Waals surface area contributed by atoms with Crippen molar-refractivity contribution < 1.29 is 13.2 Å². The molecule has 144 valence electrons. The Morgan fingerprint density at radius 2 is 1.92 bits per heavy atom. The molecule has 0 spiro atoms. The molecule has 26 heavy (non-hydrogen) atoms. The van der Waals surface area contributed by atoms with Crippen LogP contribution in [0.5, 0.6) is 0 Å². The average Bonchev–Trinajstić information content (AvgIpc) is 2.63. The van der Waals surface area contributed by atoms with Crippen molar-refractivity contribution in [2.45, 2.75) is 51.9 Å². The summed E-state index contributed by atoms with van der Waals surface area (Å²) in [5, 5.41) is 2.94. The number of aryl methyl sites for hydroxylation is 1. The van der Waals surface area contributed by atoms with Crippen molar-refractivity contribution in [1.82, 2.24) is 5.32 Å². The molecule has 1 amide bonds. The summed E-state index contributed by atoms with van der Waals surface area (Å²) < 4.78 is 25.6. The lowest BCUT2D eigenvalue weighted by atomic mass is 10.00. The monoisotopic (exact) mass is 378 g/mol. The molecule has 0 atom stereocenters. The summed E-state index contributed by atoms with van der Waals surface area (Å²) in [5.41, 5.74) is 3.12. The fourth-order valence-electron chi connectivity index (χ4n) is 3.13. The Bertz CT molecular complexity index is 724. The smallest absolute Gasteiger partial charge is 0.232 e. The minimum absolute atomic E-state index is 0.0220. The Morgan fingerprint density at radius 1 is 1.19 bits per heavy atom. The predicted molar refractivity (Wildman–Crippen MR) is 107 cm³/mol. The molecule has 5 nitrogen and oxygen atoms in total. The molecule has 2 rings (SSSR count). The van der Waals surface area contributed by atoms with Gasteiger partial charge in [0.15, 0.2) is 0 Å². The van der Waals surface area contributed by atoms with Gasteiger partial charge in [-0.25, -0.2) is 8.42 Å². The van der Waals surface area contributed by atoms with Crippen molar-refractivity contribution in [3.8, 4) is 0 Å². The molecule has 0 radical (unpaired) electrons. The number of hydrogen-bond donors (Lipinski definition) is 1. The first-order chi connectivity index (χ1) is 12.4. The van der Waals surface area contributed by atoms with E-state index >= 15 is 0 Å². The Kier molecular flexibility index (Phi) is 7.69. The fourth-order valence-corrected chi connectivity index (χ4v) is 4.10. The predicted octanol–water partition coefficient (Wildman–Crippen LogP) is 3.41. The molecule has 0 aliphatic heterocycles. The van der Waals surface area contributed by atoms with Crippen LogP contribution in [0, 0.1) is 0 Å². The third-order valence-electron chi connectivity index (χ3n) is 4.70. The van der Waals surface area contributed by atoms with E-state index in [1.54, 1.807) is 0 Å². The van der Waals surface area contributed by atoms with Gasteiger partial charge in [-0.05, 0) is 56.2 Å². The largest absolute Gasteiger partial charge is 0.352 e.